The molecule has 0 aliphatic heterocycles. The number of rotatable bonds is 5. The minimum Gasteiger partial charge on any atom is -0.388 e. The number of hydrogen-bond donors (Lipinski definition) is 1. The largest absolute Gasteiger partial charge is 0.388 e. The summed E-state index contributed by atoms with van der Waals surface area (Å²) < 4.78 is 3.58. The van der Waals surface area contributed by atoms with Crippen LogP contribution in [0.1, 0.15) is 42.6 Å². The van der Waals surface area contributed by atoms with Gasteiger partial charge in [0.25, 0.3) is 0 Å². The van der Waals surface area contributed by atoms with Crippen LogP contribution < -0.4 is 0 Å². The van der Waals surface area contributed by atoms with E-state index in [0.717, 1.165) is 35.6 Å². The van der Waals surface area contributed by atoms with Crippen molar-refractivity contribution in [1.29, 1.82) is 0 Å². The van der Waals surface area contributed by atoms with Gasteiger partial charge in [-0.3, -0.25) is 9.36 Å². The van der Waals surface area contributed by atoms with Crippen LogP contribution in [-0.4, -0.2) is 24.7 Å². The van der Waals surface area contributed by atoms with Crippen molar-refractivity contribution < 1.29 is 5.11 Å². The van der Waals surface area contributed by atoms with Crippen molar-refractivity contribution in [3.63, 3.8) is 0 Å². The molecule has 20 heavy (non-hydrogen) atoms. The standard InChI is InChI=1S/C14H21ClN4O/c1-5-11-14(15)12(19(6-2)17-11)7-13(20)10-8-18(4)16-9(10)3/h8,13,20H,5-7H2,1-4H3. The van der Waals surface area contributed by atoms with E-state index in [-0.39, 0.29) is 0 Å². The van der Waals surface area contributed by atoms with E-state index < -0.39 is 6.10 Å². The van der Waals surface area contributed by atoms with Gasteiger partial charge < -0.3 is 5.11 Å². The molecule has 2 heterocycles. The Balaban J connectivity index is 2.29. The molecule has 2 rings (SSSR count). The first-order valence-corrected chi connectivity index (χ1v) is 7.27. The zero-order chi connectivity index (χ0) is 14.9. The van der Waals surface area contributed by atoms with Gasteiger partial charge in [-0.15, -0.1) is 0 Å². The van der Waals surface area contributed by atoms with Crippen LogP contribution >= 0.6 is 11.6 Å². The number of aliphatic hydroxyl groups excluding tert-OH is 1. The number of halogens is 1. The number of aliphatic hydroxyl groups is 1. The second-order valence-corrected chi connectivity index (χ2v) is 5.32. The molecule has 0 spiro atoms. The highest BCUT2D eigenvalue weighted by Crippen LogP contribution is 2.27. The molecule has 0 saturated heterocycles. The maximum Gasteiger partial charge on any atom is 0.0878 e. The molecule has 5 nitrogen and oxygen atoms in total. The molecule has 2 aromatic heterocycles. The summed E-state index contributed by atoms with van der Waals surface area (Å²) in [7, 11) is 1.85. The van der Waals surface area contributed by atoms with Gasteiger partial charge in [0.1, 0.15) is 0 Å². The quantitative estimate of drug-likeness (QED) is 0.922. The summed E-state index contributed by atoms with van der Waals surface area (Å²) in [6.07, 6.45) is 2.47. The topological polar surface area (TPSA) is 55.9 Å². The van der Waals surface area contributed by atoms with Crippen molar-refractivity contribution in [3.05, 3.63) is 33.9 Å². The monoisotopic (exact) mass is 296 g/mol. The highest BCUT2D eigenvalue weighted by Gasteiger charge is 2.20. The van der Waals surface area contributed by atoms with Gasteiger partial charge in [-0.25, -0.2) is 0 Å². The van der Waals surface area contributed by atoms with Gasteiger partial charge in [0.2, 0.25) is 0 Å². The molecule has 0 amide bonds. The van der Waals surface area contributed by atoms with Crippen LogP contribution in [0.2, 0.25) is 5.02 Å². The first kappa shape index (κ1) is 15.1. The number of aromatic nitrogens is 4. The fourth-order valence-corrected chi connectivity index (χ4v) is 2.80. The molecule has 0 saturated carbocycles. The van der Waals surface area contributed by atoms with E-state index in [9.17, 15) is 5.11 Å². The Kier molecular flexibility index (Phi) is 4.50. The molecule has 1 N–H and O–H groups in total. The molecule has 1 unspecified atom stereocenters. The maximum atomic E-state index is 10.4. The van der Waals surface area contributed by atoms with Crippen molar-refractivity contribution >= 4 is 11.6 Å². The highest BCUT2D eigenvalue weighted by molar-refractivity contribution is 6.31. The molecule has 2 aromatic rings. The summed E-state index contributed by atoms with van der Waals surface area (Å²) in [5.41, 5.74) is 3.46. The SMILES string of the molecule is CCc1nn(CC)c(CC(O)c2cn(C)nc2C)c1Cl. The minimum absolute atomic E-state index is 0.451. The van der Waals surface area contributed by atoms with Crippen LogP contribution in [0.5, 0.6) is 0 Å². The van der Waals surface area contributed by atoms with Gasteiger partial charge in [-0.05, 0) is 20.3 Å². The predicted molar refractivity (Wildman–Crippen MR) is 78.9 cm³/mol. The lowest BCUT2D eigenvalue weighted by Crippen LogP contribution is -2.09. The molecular weight excluding hydrogens is 276 g/mol. The summed E-state index contributed by atoms with van der Waals surface area (Å²) in [4.78, 5) is 0. The van der Waals surface area contributed by atoms with Crippen molar-refractivity contribution in [3.8, 4) is 0 Å². The van der Waals surface area contributed by atoms with Gasteiger partial charge in [0, 0.05) is 31.8 Å². The predicted octanol–water partition coefficient (Wildman–Crippen LogP) is 2.44. The summed E-state index contributed by atoms with van der Waals surface area (Å²) in [6, 6.07) is 0. The van der Waals surface area contributed by atoms with E-state index in [4.69, 9.17) is 11.6 Å². The lowest BCUT2D eigenvalue weighted by molar-refractivity contribution is 0.174. The molecule has 110 valence electrons. The van der Waals surface area contributed by atoms with Crippen molar-refractivity contribution in [1.82, 2.24) is 19.6 Å². The number of nitrogens with zero attached hydrogens (tertiary/aromatic N) is 4. The van der Waals surface area contributed by atoms with Crippen molar-refractivity contribution in [2.24, 2.45) is 7.05 Å². The van der Waals surface area contributed by atoms with E-state index in [2.05, 4.69) is 10.2 Å². The van der Waals surface area contributed by atoms with Gasteiger partial charge in [0.15, 0.2) is 0 Å². The molecular formula is C14H21ClN4O. The molecule has 1 atom stereocenters. The minimum atomic E-state index is -0.618. The molecule has 0 bridgehead atoms. The second kappa shape index (κ2) is 5.97. The van der Waals surface area contributed by atoms with Crippen molar-refractivity contribution in [2.75, 3.05) is 0 Å². The summed E-state index contributed by atoms with van der Waals surface area (Å²) in [5.74, 6) is 0. The smallest absolute Gasteiger partial charge is 0.0878 e. The summed E-state index contributed by atoms with van der Waals surface area (Å²) >= 11 is 6.37. The van der Waals surface area contributed by atoms with E-state index in [0.29, 0.717) is 11.4 Å². The molecule has 0 radical (unpaired) electrons. The molecule has 0 fully saturated rings. The Hall–Kier alpha value is -1.33. The fourth-order valence-electron chi connectivity index (χ4n) is 2.45. The fraction of sp³-hybridized carbons (Fsp3) is 0.571. The van der Waals surface area contributed by atoms with Gasteiger partial charge in [0.05, 0.1) is 28.2 Å². The van der Waals surface area contributed by atoms with Gasteiger partial charge in [-0.1, -0.05) is 18.5 Å². The average molecular weight is 297 g/mol. The van der Waals surface area contributed by atoms with E-state index in [1.165, 1.54) is 0 Å². The van der Waals surface area contributed by atoms with Crippen LogP contribution in [0.4, 0.5) is 0 Å². The first-order chi connectivity index (χ1) is 9.47. The third kappa shape index (κ3) is 2.74. The maximum absolute atomic E-state index is 10.4. The summed E-state index contributed by atoms with van der Waals surface area (Å²) in [5, 5.41) is 19.9. The lowest BCUT2D eigenvalue weighted by atomic mass is 10.1. The van der Waals surface area contributed by atoms with E-state index in [1.807, 2.05) is 38.7 Å². The van der Waals surface area contributed by atoms with E-state index >= 15 is 0 Å². The van der Waals surface area contributed by atoms with Gasteiger partial charge >= 0.3 is 0 Å². The lowest BCUT2D eigenvalue weighted by Gasteiger charge is -2.11. The number of hydrogen-bond acceptors (Lipinski definition) is 3. The third-order valence-corrected chi connectivity index (χ3v) is 3.93. The Labute approximate surface area is 124 Å². The Morgan fingerprint density at radius 2 is 2.05 bits per heavy atom. The Morgan fingerprint density at radius 3 is 2.55 bits per heavy atom. The second-order valence-electron chi connectivity index (χ2n) is 4.94. The van der Waals surface area contributed by atoms with Crippen LogP contribution in [-0.2, 0) is 26.4 Å². The Bertz CT molecular complexity index is 603. The van der Waals surface area contributed by atoms with Crippen LogP contribution in [0.3, 0.4) is 0 Å². The molecule has 0 aliphatic rings. The zero-order valence-electron chi connectivity index (χ0n) is 12.4. The van der Waals surface area contributed by atoms with Crippen LogP contribution in [0.15, 0.2) is 6.20 Å². The molecule has 6 heteroatoms. The first-order valence-electron chi connectivity index (χ1n) is 6.90. The Morgan fingerprint density at radius 1 is 1.35 bits per heavy atom. The van der Waals surface area contributed by atoms with E-state index in [1.54, 1.807) is 4.68 Å². The van der Waals surface area contributed by atoms with Crippen LogP contribution in [0, 0.1) is 6.92 Å². The van der Waals surface area contributed by atoms with Crippen molar-refractivity contribution in [2.45, 2.75) is 46.3 Å². The highest BCUT2D eigenvalue weighted by atomic mass is 35.5. The van der Waals surface area contributed by atoms with Crippen LogP contribution in [0.25, 0.3) is 0 Å². The molecule has 0 aromatic carbocycles. The number of aryl methyl sites for hydroxylation is 4. The molecule has 0 aliphatic carbocycles. The van der Waals surface area contributed by atoms with Gasteiger partial charge in [-0.2, -0.15) is 10.2 Å². The normalized spacial score (nSPS) is 12.9. The summed E-state index contributed by atoms with van der Waals surface area (Å²) in [6.45, 7) is 6.69. The zero-order valence-corrected chi connectivity index (χ0v) is 13.1. The third-order valence-electron chi connectivity index (χ3n) is 3.49. The average Bonchev–Trinajstić information content (AvgIpc) is 2.90.